The number of halogens is 1. The van der Waals surface area contributed by atoms with Gasteiger partial charge in [0.15, 0.2) is 0 Å². The molecule has 0 aromatic heterocycles. The zero-order valence-electron chi connectivity index (χ0n) is 8.42. The Morgan fingerprint density at radius 1 is 1.36 bits per heavy atom. The van der Waals surface area contributed by atoms with E-state index in [9.17, 15) is 4.39 Å². The van der Waals surface area contributed by atoms with Crippen LogP contribution in [0.5, 0.6) is 5.75 Å². The fraction of sp³-hybridized carbons (Fsp3) is 0.455. The van der Waals surface area contributed by atoms with Crippen molar-refractivity contribution < 1.29 is 9.13 Å². The lowest BCUT2D eigenvalue weighted by atomic mass is 10.2. The van der Waals surface area contributed by atoms with Gasteiger partial charge in [-0.1, -0.05) is 12.1 Å². The van der Waals surface area contributed by atoms with Gasteiger partial charge in [-0.05, 0) is 24.6 Å². The lowest BCUT2D eigenvalue weighted by Crippen LogP contribution is -2.23. The molecule has 0 bridgehead atoms. The van der Waals surface area contributed by atoms with Crippen LogP contribution in [0.1, 0.15) is 5.56 Å². The van der Waals surface area contributed by atoms with Gasteiger partial charge < -0.3 is 10.1 Å². The van der Waals surface area contributed by atoms with Gasteiger partial charge in [0, 0.05) is 13.1 Å². The van der Waals surface area contributed by atoms with Crippen molar-refractivity contribution in [3.8, 4) is 5.75 Å². The maximum Gasteiger partial charge on any atom is 0.119 e. The van der Waals surface area contributed by atoms with Crippen molar-refractivity contribution in [3.63, 3.8) is 0 Å². The Morgan fingerprint density at radius 3 is 2.93 bits per heavy atom. The first-order valence-corrected chi connectivity index (χ1v) is 4.79. The van der Waals surface area contributed by atoms with Crippen molar-refractivity contribution in [1.82, 2.24) is 5.32 Å². The van der Waals surface area contributed by atoms with Crippen molar-refractivity contribution in [2.45, 2.75) is 6.92 Å². The highest BCUT2D eigenvalue weighted by molar-refractivity contribution is 5.27. The second-order valence-corrected chi connectivity index (χ2v) is 3.10. The highest BCUT2D eigenvalue weighted by atomic mass is 19.1. The summed E-state index contributed by atoms with van der Waals surface area (Å²) in [5.74, 6) is 0.868. The molecule has 1 rings (SSSR count). The number of hydrogen-bond donors (Lipinski definition) is 1. The SMILES string of the molecule is Cc1cccc(OCCNCCF)c1. The fourth-order valence-electron chi connectivity index (χ4n) is 1.14. The Labute approximate surface area is 84.1 Å². The fourth-order valence-corrected chi connectivity index (χ4v) is 1.14. The number of rotatable bonds is 6. The van der Waals surface area contributed by atoms with Gasteiger partial charge in [0.25, 0.3) is 0 Å². The molecule has 1 aromatic rings. The van der Waals surface area contributed by atoms with E-state index in [1.807, 2.05) is 31.2 Å². The molecule has 0 amide bonds. The molecule has 0 saturated heterocycles. The Kier molecular flexibility index (Phi) is 5.00. The minimum absolute atomic E-state index is 0.329. The van der Waals surface area contributed by atoms with E-state index in [-0.39, 0.29) is 6.67 Å². The van der Waals surface area contributed by atoms with Crippen molar-refractivity contribution in [2.24, 2.45) is 0 Å². The molecular formula is C11H16FNO. The molecular weight excluding hydrogens is 181 g/mol. The molecule has 0 aliphatic rings. The Morgan fingerprint density at radius 2 is 2.21 bits per heavy atom. The summed E-state index contributed by atoms with van der Waals surface area (Å²) in [7, 11) is 0. The number of aryl methyl sites for hydroxylation is 1. The van der Waals surface area contributed by atoms with E-state index < -0.39 is 0 Å². The second kappa shape index (κ2) is 6.38. The zero-order chi connectivity index (χ0) is 10.2. The van der Waals surface area contributed by atoms with Crippen LogP contribution >= 0.6 is 0 Å². The smallest absolute Gasteiger partial charge is 0.119 e. The molecule has 0 saturated carbocycles. The van der Waals surface area contributed by atoms with Crippen LogP contribution < -0.4 is 10.1 Å². The maximum atomic E-state index is 11.7. The first-order valence-electron chi connectivity index (χ1n) is 4.79. The van der Waals surface area contributed by atoms with Gasteiger partial charge >= 0.3 is 0 Å². The second-order valence-electron chi connectivity index (χ2n) is 3.10. The molecule has 0 spiro atoms. The number of ether oxygens (including phenoxy) is 1. The van der Waals surface area contributed by atoms with E-state index >= 15 is 0 Å². The molecule has 0 fully saturated rings. The summed E-state index contributed by atoms with van der Waals surface area (Å²) in [6, 6.07) is 7.88. The number of benzene rings is 1. The van der Waals surface area contributed by atoms with Gasteiger partial charge in [0.1, 0.15) is 19.0 Å². The summed E-state index contributed by atoms with van der Waals surface area (Å²) in [5.41, 5.74) is 1.18. The van der Waals surface area contributed by atoms with E-state index in [4.69, 9.17) is 4.74 Å². The van der Waals surface area contributed by atoms with Crippen LogP contribution in [-0.4, -0.2) is 26.4 Å². The largest absolute Gasteiger partial charge is 0.492 e. The van der Waals surface area contributed by atoms with Crippen LogP contribution in [0.2, 0.25) is 0 Å². The van der Waals surface area contributed by atoms with Crippen LogP contribution in [0.3, 0.4) is 0 Å². The minimum atomic E-state index is -0.329. The van der Waals surface area contributed by atoms with E-state index in [0.29, 0.717) is 19.7 Å². The van der Waals surface area contributed by atoms with Gasteiger partial charge in [0.05, 0.1) is 0 Å². The molecule has 1 N–H and O–H groups in total. The molecule has 1 aromatic carbocycles. The summed E-state index contributed by atoms with van der Waals surface area (Å²) in [5, 5.41) is 2.92. The molecule has 0 aliphatic heterocycles. The van der Waals surface area contributed by atoms with E-state index in [2.05, 4.69) is 5.32 Å². The van der Waals surface area contributed by atoms with Crippen molar-refractivity contribution >= 4 is 0 Å². The van der Waals surface area contributed by atoms with E-state index in [1.54, 1.807) is 0 Å². The third-order valence-electron chi connectivity index (χ3n) is 1.81. The summed E-state index contributed by atoms with van der Waals surface area (Å²) in [4.78, 5) is 0. The van der Waals surface area contributed by atoms with Gasteiger partial charge in [-0.15, -0.1) is 0 Å². The monoisotopic (exact) mass is 197 g/mol. The highest BCUT2D eigenvalue weighted by Gasteiger charge is 1.93. The quantitative estimate of drug-likeness (QED) is 0.704. The van der Waals surface area contributed by atoms with E-state index in [0.717, 1.165) is 5.75 Å². The van der Waals surface area contributed by atoms with Gasteiger partial charge in [-0.3, -0.25) is 0 Å². The normalized spacial score (nSPS) is 10.1. The molecule has 3 heteroatoms. The predicted octanol–water partition coefficient (Wildman–Crippen LogP) is 1.93. The van der Waals surface area contributed by atoms with Crippen LogP contribution in [0.4, 0.5) is 4.39 Å². The summed E-state index contributed by atoms with van der Waals surface area (Å²) in [6.45, 7) is 3.34. The first kappa shape index (κ1) is 11.0. The molecule has 78 valence electrons. The van der Waals surface area contributed by atoms with Crippen LogP contribution in [0, 0.1) is 6.92 Å². The van der Waals surface area contributed by atoms with Crippen LogP contribution in [-0.2, 0) is 0 Å². The molecule has 0 radical (unpaired) electrons. The Balaban J connectivity index is 2.18. The Bertz CT molecular complexity index is 265. The predicted molar refractivity (Wildman–Crippen MR) is 55.5 cm³/mol. The van der Waals surface area contributed by atoms with Gasteiger partial charge in [0.2, 0.25) is 0 Å². The third-order valence-corrected chi connectivity index (χ3v) is 1.81. The average molecular weight is 197 g/mol. The number of hydrogen-bond acceptors (Lipinski definition) is 2. The molecule has 2 nitrogen and oxygen atoms in total. The molecule has 0 unspecified atom stereocenters. The lowest BCUT2D eigenvalue weighted by molar-refractivity contribution is 0.310. The topological polar surface area (TPSA) is 21.3 Å². The summed E-state index contributed by atoms with van der Waals surface area (Å²) < 4.78 is 17.1. The van der Waals surface area contributed by atoms with Crippen molar-refractivity contribution in [3.05, 3.63) is 29.8 Å². The average Bonchev–Trinajstić information content (AvgIpc) is 2.18. The number of nitrogens with one attached hydrogen (secondary N) is 1. The molecule has 14 heavy (non-hydrogen) atoms. The first-order chi connectivity index (χ1) is 6.83. The standard InChI is InChI=1S/C11H16FNO/c1-10-3-2-4-11(9-10)14-8-7-13-6-5-12/h2-4,9,13H,5-8H2,1H3. The third kappa shape index (κ3) is 4.23. The Hall–Kier alpha value is -1.09. The summed E-state index contributed by atoms with van der Waals surface area (Å²) in [6.07, 6.45) is 0. The van der Waals surface area contributed by atoms with Gasteiger partial charge in [-0.2, -0.15) is 0 Å². The summed E-state index contributed by atoms with van der Waals surface area (Å²) >= 11 is 0. The molecule has 0 atom stereocenters. The highest BCUT2D eigenvalue weighted by Crippen LogP contribution is 2.11. The molecule has 0 aliphatic carbocycles. The van der Waals surface area contributed by atoms with Crippen LogP contribution in [0.15, 0.2) is 24.3 Å². The van der Waals surface area contributed by atoms with E-state index in [1.165, 1.54) is 5.56 Å². The molecule has 0 heterocycles. The zero-order valence-corrected chi connectivity index (χ0v) is 8.42. The maximum absolute atomic E-state index is 11.7. The van der Waals surface area contributed by atoms with Crippen LogP contribution in [0.25, 0.3) is 0 Å². The van der Waals surface area contributed by atoms with Crippen molar-refractivity contribution in [2.75, 3.05) is 26.4 Å². The number of alkyl halides is 1. The van der Waals surface area contributed by atoms with Crippen molar-refractivity contribution in [1.29, 1.82) is 0 Å². The van der Waals surface area contributed by atoms with Gasteiger partial charge in [-0.25, -0.2) is 4.39 Å². The lowest BCUT2D eigenvalue weighted by Gasteiger charge is -2.06. The minimum Gasteiger partial charge on any atom is -0.492 e.